The summed E-state index contributed by atoms with van der Waals surface area (Å²) in [6.45, 7) is 3.18. The van der Waals surface area contributed by atoms with Crippen molar-refractivity contribution in [1.82, 2.24) is 4.90 Å². The van der Waals surface area contributed by atoms with Crippen LogP contribution < -0.4 is 5.73 Å². The number of hydrogen-bond acceptors (Lipinski definition) is 4. The van der Waals surface area contributed by atoms with E-state index in [1.165, 1.54) is 9.75 Å². The lowest BCUT2D eigenvalue weighted by atomic mass is 9.94. The normalized spacial score (nSPS) is 13.4. The van der Waals surface area contributed by atoms with Crippen molar-refractivity contribution in [1.29, 1.82) is 0 Å². The largest absolute Gasteiger partial charge is 0.332 e. The van der Waals surface area contributed by atoms with Crippen molar-refractivity contribution in [3.05, 3.63) is 80.7 Å². The smallest absolute Gasteiger partial charge is 0.227 e. The molecule has 2 N–H and O–H groups in total. The lowest BCUT2D eigenvalue weighted by Gasteiger charge is -2.28. The highest BCUT2D eigenvalue weighted by Crippen LogP contribution is 2.24. The molecule has 5 heteroatoms. The van der Waals surface area contributed by atoms with E-state index in [4.69, 9.17) is 5.73 Å². The molecule has 0 radical (unpaired) electrons. The van der Waals surface area contributed by atoms with Gasteiger partial charge in [-0.2, -0.15) is 0 Å². The molecule has 2 heterocycles. The van der Waals surface area contributed by atoms with Crippen molar-refractivity contribution >= 4 is 28.6 Å². The second kappa shape index (κ2) is 8.43. The molecule has 2 unspecified atom stereocenters. The monoisotopic (exact) mass is 370 g/mol. The molecule has 0 saturated heterocycles. The number of nitrogens with zero attached hydrogens (tertiary/aromatic N) is 1. The van der Waals surface area contributed by atoms with Gasteiger partial charge >= 0.3 is 0 Å². The molecule has 1 amide bonds. The highest BCUT2D eigenvalue weighted by atomic mass is 32.1. The maximum Gasteiger partial charge on any atom is 0.227 e. The van der Waals surface area contributed by atoms with Crippen LogP contribution in [0, 0.1) is 5.92 Å². The highest BCUT2D eigenvalue weighted by Gasteiger charge is 2.27. The van der Waals surface area contributed by atoms with E-state index < -0.39 is 0 Å². The van der Waals surface area contributed by atoms with Crippen LogP contribution in [-0.2, 0) is 17.9 Å². The fourth-order valence-corrected chi connectivity index (χ4v) is 4.24. The van der Waals surface area contributed by atoms with Crippen LogP contribution in [-0.4, -0.2) is 10.8 Å². The Morgan fingerprint density at radius 3 is 2.00 bits per heavy atom. The first-order valence-electron chi connectivity index (χ1n) is 8.29. The third-order valence-corrected chi connectivity index (χ3v) is 6.00. The number of amides is 1. The van der Waals surface area contributed by atoms with Gasteiger partial charge in [-0.1, -0.05) is 49.4 Å². The zero-order chi connectivity index (χ0) is 17.6. The molecule has 0 aliphatic carbocycles. The van der Waals surface area contributed by atoms with Crippen molar-refractivity contribution in [2.75, 3.05) is 0 Å². The Balaban J connectivity index is 1.77. The van der Waals surface area contributed by atoms with E-state index in [0.717, 1.165) is 5.56 Å². The summed E-state index contributed by atoms with van der Waals surface area (Å²) in [4.78, 5) is 17.5. The van der Waals surface area contributed by atoms with Gasteiger partial charge in [-0.25, -0.2) is 0 Å². The summed E-state index contributed by atoms with van der Waals surface area (Å²) in [7, 11) is 0. The van der Waals surface area contributed by atoms with Gasteiger partial charge in [0.2, 0.25) is 5.91 Å². The molecule has 1 aromatic carbocycles. The Bertz CT molecular complexity index is 733. The Hall–Kier alpha value is -1.95. The lowest BCUT2D eigenvalue weighted by Crippen LogP contribution is -2.38. The summed E-state index contributed by atoms with van der Waals surface area (Å²) in [5.74, 6) is -0.180. The number of rotatable bonds is 7. The molecule has 3 rings (SSSR count). The fourth-order valence-electron chi connectivity index (χ4n) is 2.80. The minimum absolute atomic E-state index is 0.0955. The van der Waals surface area contributed by atoms with Crippen molar-refractivity contribution in [2.45, 2.75) is 26.1 Å². The number of nitrogens with two attached hydrogens (primary N) is 1. The van der Waals surface area contributed by atoms with Crippen LogP contribution in [0.1, 0.15) is 28.3 Å². The number of benzene rings is 1. The summed E-state index contributed by atoms with van der Waals surface area (Å²) < 4.78 is 0. The Morgan fingerprint density at radius 1 is 0.960 bits per heavy atom. The Kier molecular flexibility index (Phi) is 6.02. The summed E-state index contributed by atoms with van der Waals surface area (Å²) in [6, 6.07) is 17.7. The molecule has 0 fully saturated rings. The first-order chi connectivity index (χ1) is 12.1. The average Bonchev–Trinajstić information content (AvgIpc) is 3.34. The van der Waals surface area contributed by atoms with Gasteiger partial charge in [0, 0.05) is 15.8 Å². The van der Waals surface area contributed by atoms with E-state index in [2.05, 4.69) is 12.1 Å². The fraction of sp³-hybridized carbons (Fsp3) is 0.250. The third-order valence-electron chi connectivity index (χ3n) is 4.28. The predicted octanol–water partition coefficient (Wildman–Crippen LogP) is 4.67. The molecule has 3 nitrogen and oxygen atoms in total. The molecule has 2 atom stereocenters. The van der Waals surface area contributed by atoms with Crippen LogP contribution in [0.2, 0.25) is 0 Å². The van der Waals surface area contributed by atoms with Gasteiger partial charge in [0.05, 0.1) is 19.0 Å². The maximum atomic E-state index is 13.2. The van der Waals surface area contributed by atoms with Gasteiger partial charge in [0.15, 0.2) is 0 Å². The van der Waals surface area contributed by atoms with Gasteiger partial charge in [0.1, 0.15) is 0 Å². The quantitative estimate of drug-likeness (QED) is 0.657. The number of hydrogen-bond donors (Lipinski definition) is 1. The number of carbonyl (C=O) groups is 1. The molecule has 2 aromatic heterocycles. The third kappa shape index (κ3) is 4.57. The number of thiophene rings is 2. The van der Waals surface area contributed by atoms with Crippen LogP contribution in [0.4, 0.5) is 0 Å². The van der Waals surface area contributed by atoms with E-state index in [9.17, 15) is 4.79 Å². The van der Waals surface area contributed by atoms with E-state index in [1.807, 2.05) is 65.0 Å². The van der Waals surface area contributed by atoms with Gasteiger partial charge < -0.3 is 10.6 Å². The average molecular weight is 371 g/mol. The topological polar surface area (TPSA) is 46.3 Å². The standard InChI is InChI=1S/C20H22N2OS2/c1-15(19(21)16-7-3-2-4-8-16)20(23)22(13-17-9-5-11-24-17)14-18-10-6-12-25-18/h2-12,15,19H,13-14,21H2,1H3. The van der Waals surface area contributed by atoms with Gasteiger partial charge in [0.25, 0.3) is 0 Å². The Labute approximate surface area is 156 Å². The van der Waals surface area contributed by atoms with Crippen molar-refractivity contribution in [3.63, 3.8) is 0 Å². The van der Waals surface area contributed by atoms with E-state index in [-0.39, 0.29) is 17.9 Å². The van der Waals surface area contributed by atoms with Crippen LogP contribution >= 0.6 is 22.7 Å². The molecule has 130 valence electrons. The second-order valence-electron chi connectivity index (χ2n) is 6.08. The first kappa shape index (κ1) is 17.9. The van der Waals surface area contributed by atoms with Crippen LogP contribution in [0.5, 0.6) is 0 Å². The molecule has 0 aliphatic rings. The molecule has 25 heavy (non-hydrogen) atoms. The van der Waals surface area contributed by atoms with Crippen LogP contribution in [0.3, 0.4) is 0 Å². The SMILES string of the molecule is CC(C(=O)N(Cc1cccs1)Cc1cccs1)C(N)c1ccccc1. The second-order valence-corrected chi connectivity index (χ2v) is 8.14. The molecule has 3 aromatic rings. The molecule has 0 bridgehead atoms. The van der Waals surface area contributed by atoms with Crippen molar-refractivity contribution < 1.29 is 4.79 Å². The van der Waals surface area contributed by atoms with Crippen molar-refractivity contribution in [2.24, 2.45) is 11.7 Å². The zero-order valence-electron chi connectivity index (χ0n) is 14.2. The van der Waals surface area contributed by atoms with Gasteiger partial charge in [-0.05, 0) is 28.5 Å². The van der Waals surface area contributed by atoms with E-state index in [0.29, 0.717) is 13.1 Å². The molecular formula is C20H22N2OS2. The van der Waals surface area contributed by atoms with Crippen molar-refractivity contribution in [3.8, 4) is 0 Å². The zero-order valence-corrected chi connectivity index (χ0v) is 15.8. The first-order valence-corrected chi connectivity index (χ1v) is 10.0. The number of carbonyl (C=O) groups excluding carboxylic acids is 1. The minimum Gasteiger partial charge on any atom is -0.332 e. The maximum absolute atomic E-state index is 13.2. The van der Waals surface area contributed by atoms with Gasteiger partial charge in [-0.15, -0.1) is 22.7 Å². The lowest BCUT2D eigenvalue weighted by molar-refractivity contribution is -0.136. The molecule has 0 spiro atoms. The van der Waals surface area contributed by atoms with Gasteiger partial charge in [-0.3, -0.25) is 4.79 Å². The summed E-state index contributed by atoms with van der Waals surface area (Å²) in [5.41, 5.74) is 7.38. The summed E-state index contributed by atoms with van der Waals surface area (Å²) in [6.07, 6.45) is 0. The van der Waals surface area contributed by atoms with E-state index >= 15 is 0 Å². The van der Waals surface area contributed by atoms with Crippen LogP contribution in [0.15, 0.2) is 65.4 Å². The predicted molar refractivity (Wildman–Crippen MR) is 105 cm³/mol. The summed E-state index contributed by atoms with van der Waals surface area (Å²) in [5, 5.41) is 4.09. The molecular weight excluding hydrogens is 348 g/mol. The summed E-state index contributed by atoms with van der Waals surface area (Å²) >= 11 is 3.35. The van der Waals surface area contributed by atoms with Crippen LogP contribution in [0.25, 0.3) is 0 Å². The minimum atomic E-state index is -0.303. The highest BCUT2D eigenvalue weighted by molar-refractivity contribution is 7.10. The molecule has 0 saturated carbocycles. The van der Waals surface area contributed by atoms with E-state index in [1.54, 1.807) is 22.7 Å². The molecule has 0 aliphatic heterocycles. The Morgan fingerprint density at radius 2 is 1.52 bits per heavy atom.